The van der Waals surface area contributed by atoms with E-state index in [1.807, 2.05) is 30.3 Å². The van der Waals surface area contributed by atoms with E-state index in [9.17, 15) is 0 Å². The molecular formula is C12H18O. The summed E-state index contributed by atoms with van der Waals surface area (Å²) >= 11 is 0. The fourth-order valence-corrected chi connectivity index (χ4v) is 1.36. The van der Waals surface area contributed by atoms with Crippen molar-refractivity contribution in [3.05, 3.63) is 30.3 Å². The van der Waals surface area contributed by atoms with Crippen LogP contribution in [0.3, 0.4) is 0 Å². The first-order valence-electron chi connectivity index (χ1n) is 4.95. The summed E-state index contributed by atoms with van der Waals surface area (Å²) in [5.74, 6) is 1.55. The first kappa shape index (κ1) is 10.1. The maximum Gasteiger partial charge on any atom is 0.119 e. The van der Waals surface area contributed by atoms with Gasteiger partial charge in [-0.2, -0.15) is 0 Å². The van der Waals surface area contributed by atoms with E-state index >= 15 is 0 Å². The van der Waals surface area contributed by atoms with Gasteiger partial charge in [-0.15, -0.1) is 0 Å². The molecule has 0 N–H and O–H groups in total. The zero-order chi connectivity index (χ0) is 9.68. The zero-order valence-corrected chi connectivity index (χ0v) is 8.66. The maximum absolute atomic E-state index is 5.83. The Morgan fingerprint density at radius 3 is 2.23 bits per heavy atom. The Morgan fingerprint density at radius 2 is 1.77 bits per heavy atom. The third-order valence-corrected chi connectivity index (χ3v) is 2.18. The summed E-state index contributed by atoms with van der Waals surface area (Å²) in [4.78, 5) is 0. The fraction of sp³-hybridized carbons (Fsp3) is 0.500. The van der Waals surface area contributed by atoms with Crippen LogP contribution in [0.5, 0.6) is 5.75 Å². The molecule has 0 heterocycles. The molecule has 1 atom stereocenters. The second-order valence-electron chi connectivity index (χ2n) is 3.62. The summed E-state index contributed by atoms with van der Waals surface area (Å²) in [7, 11) is 0. The Bertz CT molecular complexity index is 228. The smallest absolute Gasteiger partial charge is 0.119 e. The van der Waals surface area contributed by atoms with Crippen LogP contribution < -0.4 is 4.74 Å². The van der Waals surface area contributed by atoms with Crippen LogP contribution in [0.1, 0.15) is 27.2 Å². The minimum atomic E-state index is 0.336. The van der Waals surface area contributed by atoms with E-state index in [0.717, 1.165) is 12.2 Å². The largest absolute Gasteiger partial charge is 0.490 e. The standard InChI is InChI=1S/C12H18O/c1-4-12(10(2)3)13-11-8-6-5-7-9-11/h5-10,12H,4H2,1-3H3. The highest BCUT2D eigenvalue weighted by Gasteiger charge is 2.11. The van der Waals surface area contributed by atoms with Crippen LogP contribution in [0.15, 0.2) is 30.3 Å². The fourth-order valence-electron chi connectivity index (χ4n) is 1.36. The first-order valence-corrected chi connectivity index (χ1v) is 4.95. The maximum atomic E-state index is 5.83. The van der Waals surface area contributed by atoms with Gasteiger partial charge in [-0.05, 0) is 24.5 Å². The molecule has 0 aliphatic rings. The van der Waals surface area contributed by atoms with Crippen LogP contribution in [0, 0.1) is 5.92 Å². The highest BCUT2D eigenvalue weighted by Crippen LogP contribution is 2.16. The van der Waals surface area contributed by atoms with E-state index in [-0.39, 0.29) is 0 Å². The average Bonchev–Trinajstić information content (AvgIpc) is 2.15. The van der Waals surface area contributed by atoms with Gasteiger partial charge in [0.2, 0.25) is 0 Å². The molecule has 0 amide bonds. The predicted molar refractivity (Wildman–Crippen MR) is 56.0 cm³/mol. The van der Waals surface area contributed by atoms with Crippen LogP contribution in [0.4, 0.5) is 0 Å². The molecule has 72 valence electrons. The highest BCUT2D eigenvalue weighted by atomic mass is 16.5. The number of para-hydroxylation sites is 1. The lowest BCUT2D eigenvalue weighted by atomic mass is 10.1. The molecule has 0 spiro atoms. The van der Waals surface area contributed by atoms with Crippen molar-refractivity contribution >= 4 is 0 Å². The molecule has 0 fully saturated rings. The monoisotopic (exact) mass is 178 g/mol. The van der Waals surface area contributed by atoms with Crippen LogP contribution in [-0.4, -0.2) is 6.10 Å². The number of hydrogen-bond donors (Lipinski definition) is 0. The normalized spacial score (nSPS) is 12.9. The van der Waals surface area contributed by atoms with Crippen molar-refractivity contribution in [3.8, 4) is 5.75 Å². The average molecular weight is 178 g/mol. The van der Waals surface area contributed by atoms with Crippen molar-refractivity contribution in [1.29, 1.82) is 0 Å². The quantitative estimate of drug-likeness (QED) is 0.685. The van der Waals surface area contributed by atoms with Crippen LogP contribution in [-0.2, 0) is 0 Å². The lowest BCUT2D eigenvalue weighted by Crippen LogP contribution is -2.21. The van der Waals surface area contributed by atoms with Crippen molar-refractivity contribution in [3.63, 3.8) is 0 Å². The predicted octanol–water partition coefficient (Wildman–Crippen LogP) is 3.50. The molecule has 1 unspecified atom stereocenters. The minimum absolute atomic E-state index is 0.336. The van der Waals surface area contributed by atoms with E-state index in [2.05, 4.69) is 20.8 Å². The van der Waals surface area contributed by atoms with Crippen LogP contribution in [0.25, 0.3) is 0 Å². The minimum Gasteiger partial charge on any atom is -0.490 e. The summed E-state index contributed by atoms with van der Waals surface area (Å²) in [6, 6.07) is 10.0. The van der Waals surface area contributed by atoms with Gasteiger partial charge in [0.15, 0.2) is 0 Å². The molecule has 1 nitrogen and oxygen atoms in total. The molecule has 1 aromatic carbocycles. The molecule has 0 radical (unpaired) electrons. The second kappa shape index (κ2) is 4.90. The van der Waals surface area contributed by atoms with Crippen molar-refractivity contribution in [2.24, 2.45) is 5.92 Å². The summed E-state index contributed by atoms with van der Waals surface area (Å²) < 4.78 is 5.83. The van der Waals surface area contributed by atoms with Gasteiger partial charge in [-0.3, -0.25) is 0 Å². The molecule has 1 aromatic rings. The molecule has 0 aromatic heterocycles. The first-order chi connectivity index (χ1) is 6.24. The van der Waals surface area contributed by atoms with Crippen LogP contribution >= 0.6 is 0 Å². The van der Waals surface area contributed by atoms with Gasteiger partial charge in [0.05, 0.1) is 0 Å². The number of ether oxygens (including phenoxy) is 1. The van der Waals surface area contributed by atoms with Gasteiger partial charge in [-0.25, -0.2) is 0 Å². The Kier molecular flexibility index (Phi) is 3.81. The lowest BCUT2D eigenvalue weighted by Gasteiger charge is -2.20. The number of hydrogen-bond acceptors (Lipinski definition) is 1. The van der Waals surface area contributed by atoms with Gasteiger partial charge >= 0.3 is 0 Å². The molecule has 1 heteroatoms. The molecule has 0 saturated heterocycles. The highest BCUT2D eigenvalue weighted by molar-refractivity contribution is 5.21. The van der Waals surface area contributed by atoms with E-state index in [4.69, 9.17) is 4.74 Å². The Morgan fingerprint density at radius 1 is 1.15 bits per heavy atom. The second-order valence-corrected chi connectivity index (χ2v) is 3.62. The molecule has 13 heavy (non-hydrogen) atoms. The molecule has 0 bridgehead atoms. The Hall–Kier alpha value is -0.980. The number of benzene rings is 1. The van der Waals surface area contributed by atoms with Crippen molar-refractivity contribution in [2.45, 2.75) is 33.3 Å². The van der Waals surface area contributed by atoms with E-state index in [1.165, 1.54) is 0 Å². The molecule has 0 aliphatic carbocycles. The number of rotatable bonds is 4. The molecule has 1 rings (SSSR count). The molecule has 0 saturated carbocycles. The van der Waals surface area contributed by atoms with Crippen molar-refractivity contribution in [1.82, 2.24) is 0 Å². The van der Waals surface area contributed by atoms with Crippen LogP contribution in [0.2, 0.25) is 0 Å². The summed E-state index contributed by atoms with van der Waals surface area (Å²) in [5, 5.41) is 0. The Balaban J connectivity index is 2.57. The zero-order valence-electron chi connectivity index (χ0n) is 8.66. The van der Waals surface area contributed by atoms with Gasteiger partial charge < -0.3 is 4.74 Å². The summed E-state index contributed by atoms with van der Waals surface area (Å²) in [6.07, 6.45) is 1.40. The van der Waals surface area contributed by atoms with E-state index in [0.29, 0.717) is 12.0 Å². The van der Waals surface area contributed by atoms with Gasteiger partial charge in [0, 0.05) is 0 Å². The van der Waals surface area contributed by atoms with E-state index in [1.54, 1.807) is 0 Å². The molecule has 0 aliphatic heterocycles. The lowest BCUT2D eigenvalue weighted by molar-refractivity contribution is 0.147. The van der Waals surface area contributed by atoms with Gasteiger partial charge in [0.25, 0.3) is 0 Å². The third-order valence-electron chi connectivity index (χ3n) is 2.18. The van der Waals surface area contributed by atoms with E-state index < -0.39 is 0 Å². The summed E-state index contributed by atoms with van der Waals surface area (Å²) in [6.45, 7) is 6.54. The van der Waals surface area contributed by atoms with Gasteiger partial charge in [0.1, 0.15) is 11.9 Å². The topological polar surface area (TPSA) is 9.23 Å². The van der Waals surface area contributed by atoms with Crippen molar-refractivity contribution in [2.75, 3.05) is 0 Å². The third kappa shape index (κ3) is 3.10. The van der Waals surface area contributed by atoms with Crippen molar-refractivity contribution < 1.29 is 4.74 Å². The van der Waals surface area contributed by atoms with Gasteiger partial charge in [-0.1, -0.05) is 39.0 Å². The summed E-state index contributed by atoms with van der Waals surface area (Å²) in [5.41, 5.74) is 0. The Labute approximate surface area is 80.7 Å². The molecular weight excluding hydrogens is 160 g/mol. The SMILES string of the molecule is CCC(Oc1ccccc1)C(C)C.